The molecule has 0 bridgehead atoms. The van der Waals surface area contributed by atoms with Crippen molar-refractivity contribution in [3.05, 3.63) is 72.4 Å². The first kappa shape index (κ1) is 30.3. The van der Waals surface area contributed by atoms with Gasteiger partial charge in [-0.3, -0.25) is 9.62 Å². The second kappa shape index (κ2) is 15.3. The summed E-state index contributed by atoms with van der Waals surface area (Å²) >= 11 is 0. The minimum atomic E-state index is -3.79. The van der Waals surface area contributed by atoms with Gasteiger partial charge in [0.05, 0.1) is 36.1 Å². The summed E-state index contributed by atoms with van der Waals surface area (Å²) in [6, 6.07) is 14.3. The van der Waals surface area contributed by atoms with Crippen LogP contribution in [-0.4, -0.2) is 89.3 Å². The van der Waals surface area contributed by atoms with Crippen LogP contribution in [0.25, 0.3) is 0 Å². The maximum absolute atomic E-state index is 12.3. The highest BCUT2D eigenvalue weighted by molar-refractivity contribution is 7.92. The number of aromatic nitrogens is 1. The summed E-state index contributed by atoms with van der Waals surface area (Å²) in [6.45, 7) is 1.75. The quantitative estimate of drug-likeness (QED) is 0.182. The van der Waals surface area contributed by atoms with E-state index in [-0.39, 0.29) is 47.5 Å². The van der Waals surface area contributed by atoms with Crippen LogP contribution in [0.3, 0.4) is 0 Å². The van der Waals surface area contributed by atoms with Crippen molar-refractivity contribution in [2.45, 2.75) is 4.90 Å². The van der Waals surface area contributed by atoms with Crippen molar-refractivity contribution < 1.29 is 38.7 Å². The summed E-state index contributed by atoms with van der Waals surface area (Å²) in [4.78, 5) is 16.7. The molecule has 0 spiro atoms. The molecule has 0 amide bonds. The van der Waals surface area contributed by atoms with Gasteiger partial charge >= 0.3 is 5.97 Å². The second-order valence-electron chi connectivity index (χ2n) is 7.53. The molecule has 1 aromatic heterocycles. The lowest BCUT2D eigenvalue weighted by atomic mass is 10.2. The summed E-state index contributed by atoms with van der Waals surface area (Å²) in [6.07, 6.45) is 1.47. The van der Waals surface area contributed by atoms with E-state index in [1.54, 1.807) is 17.0 Å². The molecule has 204 valence electrons. The second-order valence-corrected chi connectivity index (χ2v) is 9.22. The molecule has 2 aromatic carbocycles. The molecule has 0 unspecified atom stereocenters. The highest BCUT2D eigenvalue weighted by Gasteiger charge is 2.14. The lowest BCUT2D eigenvalue weighted by Crippen LogP contribution is -2.32. The number of azo groups is 1. The van der Waals surface area contributed by atoms with E-state index in [0.29, 0.717) is 25.3 Å². The number of aromatic carboxylic acids is 1. The Morgan fingerprint density at radius 2 is 1.45 bits per heavy atom. The number of aliphatic hydroxyl groups excluding tert-OH is 3. The van der Waals surface area contributed by atoms with Crippen LogP contribution in [0, 0.1) is 0 Å². The van der Waals surface area contributed by atoms with Gasteiger partial charge in [0.15, 0.2) is 0 Å². The van der Waals surface area contributed by atoms with Gasteiger partial charge in [0.2, 0.25) is 0 Å². The molecule has 0 atom stereocenters. The number of hydrogen-bond acceptors (Lipinski definition) is 11. The molecule has 0 saturated heterocycles. The van der Waals surface area contributed by atoms with Gasteiger partial charge < -0.3 is 25.5 Å². The van der Waals surface area contributed by atoms with Gasteiger partial charge in [-0.15, -0.1) is 0 Å². The fraction of sp³-hybridized carbons (Fsp3) is 0.250. The smallest absolute Gasteiger partial charge is 0.339 e. The molecular weight excluding hydrogens is 518 g/mol. The van der Waals surface area contributed by atoms with E-state index >= 15 is 0 Å². The molecule has 0 aliphatic carbocycles. The number of carboxylic acids is 1. The Morgan fingerprint density at radius 3 is 1.97 bits per heavy atom. The number of aromatic hydroxyl groups is 1. The van der Waals surface area contributed by atoms with E-state index < -0.39 is 16.0 Å². The topological polar surface area (TPSA) is 205 Å². The fourth-order valence-corrected chi connectivity index (χ4v) is 3.95. The number of hydrogen-bond donors (Lipinski definition) is 6. The third kappa shape index (κ3) is 9.84. The minimum absolute atomic E-state index is 0.0231. The Labute approximate surface area is 219 Å². The van der Waals surface area contributed by atoms with Crippen molar-refractivity contribution in [2.75, 3.05) is 44.2 Å². The number of anilines is 1. The molecule has 0 aliphatic heterocycles. The minimum Gasteiger partial charge on any atom is -0.507 e. The summed E-state index contributed by atoms with van der Waals surface area (Å²) < 4.78 is 27.0. The largest absolute Gasteiger partial charge is 0.507 e. The van der Waals surface area contributed by atoms with Crippen LogP contribution in [0.15, 0.2) is 82.0 Å². The van der Waals surface area contributed by atoms with Gasteiger partial charge in [-0.25, -0.2) is 18.2 Å². The molecule has 0 saturated carbocycles. The molecule has 0 fully saturated rings. The number of aliphatic hydroxyl groups is 3. The van der Waals surface area contributed by atoms with Crippen LogP contribution in [0.5, 0.6) is 5.75 Å². The van der Waals surface area contributed by atoms with E-state index in [2.05, 4.69) is 19.9 Å². The SMILES string of the molecule is O=C(O)c1cc(N=Nc2ccc(S(=O)(=O)Nc3ccccn3)cc2)ccc1O.OCCN(CCO)CCO. The number of pyridine rings is 1. The molecular formula is C24H29N5O8S. The fourth-order valence-electron chi connectivity index (χ4n) is 2.94. The number of rotatable bonds is 12. The number of benzene rings is 2. The third-order valence-electron chi connectivity index (χ3n) is 4.79. The highest BCUT2D eigenvalue weighted by Crippen LogP contribution is 2.26. The van der Waals surface area contributed by atoms with Crippen LogP contribution in [0.1, 0.15) is 10.4 Å². The zero-order valence-corrected chi connectivity index (χ0v) is 21.1. The first-order valence-electron chi connectivity index (χ1n) is 11.3. The van der Waals surface area contributed by atoms with Crippen LogP contribution in [0.4, 0.5) is 17.2 Å². The lowest BCUT2D eigenvalue weighted by Gasteiger charge is -2.17. The number of carboxylic acid groups (broad SMARTS) is 1. The standard InChI is InChI=1S/C18H14N4O5S.C6H15NO3/c23-16-9-6-13(11-15(16)18(24)25)21-20-12-4-7-14(8-5-12)28(26,27)22-17-3-1-2-10-19-17;8-4-1-7(2-5-9)3-6-10/h1-11,23H,(H,19,22)(H,24,25);8-10H,1-6H2. The Balaban J connectivity index is 0.000000432. The van der Waals surface area contributed by atoms with E-state index in [4.69, 9.17) is 20.4 Å². The predicted octanol–water partition coefficient (Wildman–Crippen LogP) is 1.97. The van der Waals surface area contributed by atoms with Crippen LogP contribution in [-0.2, 0) is 10.0 Å². The van der Waals surface area contributed by atoms with Gasteiger partial charge in [0.1, 0.15) is 17.1 Å². The Morgan fingerprint density at radius 1 is 0.868 bits per heavy atom. The van der Waals surface area contributed by atoms with Gasteiger partial charge in [0.25, 0.3) is 10.0 Å². The summed E-state index contributed by atoms with van der Waals surface area (Å²) in [5, 5.41) is 51.8. The van der Waals surface area contributed by atoms with Crippen molar-refractivity contribution in [1.29, 1.82) is 0 Å². The van der Waals surface area contributed by atoms with E-state index in [1.165, 1.54) is 54.7 Å². The van der Waals surface area contributed by atoms with Crippen molar-refractivity contribution in [2.24, 2.45) is 10.2 Å². The Kier molecular flexibility index (Phi) is 12.2. The summed E-state index contributed by atoms with van der Waals surface area (Å²) in [7, 11) is -3.79. The molecule has 1 heterocycles. The first-order chi connectivity index (χ1) is 18.2. The normalized spacial score (nSPS) is 11.3. The van der Waals surface area contributed by atoms with Gasteiger partial charge in [0, 0.05) is 25.8 Å². The van der Waals surface area contributed by atoms with E-state index in [0.717, 1.165) is 0 Å². The number of phenols is 1. The Hall–Kier alpha value is -3.95. The maximum Gasteiger partial charge on any atom is 0.339 e. The molecule has 0 radical (unpaired) electrons. The predicted molar refractivity (Wildman–Crippen MR) is 138 cm³/mol. The zero-order valence-electron chi connectivity index (χ0n) is 20.3. The molecule has 14 heteroatoms. The summed E-state index contributed by atoms with van der Waals surface area (Å²) in [5.74, 6) is -1.46. The van der Waals surface area contributed by atoms with Crippen LogP contribution in [0.2, 0.25) is 0 Å². The molecule has 38 heavy (non-hydrogen) atoms. The molecule has 6 N–H and O–H groups in total. The Bertz CT molecular complexity index is 1270. The number of sulfonamides is 1. The molecule has 0 aliphatic rings. The maximum atomic E-state index is 12.3. The van der Waals surface area contributed by atoms with Crippen LogP contribution >= 0.6 is 0 Å². The summed E-state index contributed by atoms with van der Waals surface area (Å²) in [5.41, 5.74) is 0.295. The zero-order chi connectivity index (χ0) is 28.0. The lowest BCUT2D eigenvalue weighted by molar-refractivity contribution is 0.0693. The molecule has 13 nitrogen and oxygen atoms in total. The molecule has 3 aromatic rings. The number of nitrogens with zero attached hydrogens (tertiary/aromatic N) is 4. The number of nitrogens with one attached hydrogen (secondary N) is 1. The van der Waals surface area contributed by atoms with Gasteiger partial charge in [-0.2, -0.15) is 10.2 Å². The average Bonchev–Trinajstić information content (AvgIpc) is 2.89. The highest BCUT2D eigenvalue weighted by atomic mass is 32.2. The van der Waals surface area contributed by atoms with Crippen LogP contribution < -0.4 is 4.72 Å². The third-order valence-corrected chi connectivity index (χ3v) is 6.16. The average molecular weight is 548 g/mol. The van der Waals surface area contributed by atoms with E-state index in [9.17, 15) is 18.3 Å². The van der Waals surface area contributed by atoms with Crippen molar-refractivity contribution >= 4 is 33.2 Å². The first-order valence-corrected chi connectivity index (χ1v) is 12.8. The van der Waals surface area contributed by atoms with Gasteiger partial charge in [-0.1, -0.05) is 6.07 Å². The van der Waals surface area contributed by atoms with Crippen molar-refractivity contribution in [3.8, 4) is 5.75 Å². The molecule has 3 rings (SSSR count). The van der Waals surface area contributed by atoms with Crippen molar-refractivity contribution in [3.63, 3.8) is 0 Å². The van der Waals surface area contributed by atoms with Crippen molar-refractivity contribution in [1.82, 2.24) is 9.88 Å². The van der Waals surface area contributed by atoms with Gasteiger partial charge in [-0.05, 0) is 54.6 Å². The number of carbonyl (C=O) groups is 1. The monoisotopic (exact) mass is 547 g/mol. The van der Waals surface area contributed by atoms with E-state index in [1.807, 2.05) is 0 Å².